The van der Waals surface area contributed by atoms with Crippen molar-refractivity contribution in [2.45, 2.75) is 71.8 Å². The second kappa shape index (κ2) is 12.8. The van der Waals surface area contributed by atoms with Gasteiger partial charge in [-0.1, -0.05) is 94.8 Å². The first kappa shape index (κ1) is 28.8. The molecule has 1 heterocycles. The number of benzene rings is 3. The summed E-state index contributed by atoms with van der Waals surface area (Å²) in [5, 5.41) is 10.9. The number of carbonyl (C=O) groups excluding carboxylic acids is 2. The molecule has 0 spiro atoms. The second-order valence-corrected chi connectivity index (χ2v) is 11.4. The number of anilines is 1. The van der Waals surface area contributed by atoms with Gasteiger partial charge >= 0.3 is 0 Å². The van der Waals surface area contributed by atoms with E-state index in [1.165, 1.54) is 5.56 Å². The largest absolute Gasteiger partial charge is 0.340 e. The van der Waals surface area contributed by atoms with Crippen molar-refractivity contribution in [1.29, 1.82) is 0 Å². The molecule has 0 aliphatic rings. The Balaban J connectivity index is 1.62. The Bertz CT molecular complexity index is 1430. The molecule has 208 valence electrons. The van der Waals surface area contributed by atoms with Gasteiger partial charge in [-0.15, -0.1) is 0 Å². The number of nitrogens with zero attached hydrogens (tertiary/aromatic N) is 2. The first-order valence-electron chi connectivity index (χ1n) is 14.1. The van der Waals surface area contributed by atoms with E-state index in [9.17, 15) is 9.59 Å². The molecule has 2 N–H and O–H groups in total. The summed E-state index contributed by atoms with van der Waals surface area (Å²) in [5.74, 6) is -0.00955. The van der Waals surface area contributed by atoms with Crippen LogP contribution in [0.4, 0.5) is 5.82 Å². The minimum absolute atomic E-state index is 0.214. The molecule has 40 heavy (non-hydrogen) atoms. The highest BCUT2D eigenvalue weighted by atomic mass is 16.2. The maximum Gasteiger partial charge on any atom is 0.251 e. The molecule has 1 aromatic heterocycles. The molecule has 2 amide bonds. The SMILES string of the molecule is CCCCc1ccc(C(=O)NC(Cc2ccccc2)C(=O)Nc2cc(C(C)(C)C)nn2-c2ccccc2C)cc1. The first-order chi connectivity index (χ1) is 19.2. The Hall–Kier alpha value is -4.19. The number of aryl methyl sites for hydroxylation is 2. The fourth-order valence-corrected chi connectivity index (χ4v) is 4.54. The monoisotopic (exact) mass is 536 g/mol. The highest BCUT2D eigenvalue weighted by Gasteiger charge is 2.26. The number of amides is 2. The average Bonchev–Trinajstić information content (AvgIpc) is 3.36. The summed E-state index contributed by atoms with van der Waals surface area (Å²) in [6, 6.07) is 26.5. The number of aromatic nitrogens is 2. The molecule has 1 atom stereocenters. The van der Waals surface area contributed by atoms with Crippen LogP contribution in [0.1, 0.15) is 73.3 Å². The smallest absolute Gasteiger partial charge is 0.251 e. The lowest BCUT2D eigenvalue weighted by molar-refractivity contribution is -0.118. The van der Waals surface area contributed by atoms with Crippen molar-refractivity contribution in [3.63, 3.8) is 0 Å². The van der Waals surface area contributed by atoms with Crippen molar-refractivity contribution in [1.82, 2.24) is 15.1 Å². The quantitative estimate of drug-likeness (QED) is 0.234. The minimum Gasteiger partial charge on any atom is -0.340 e. The lowest BCUT2D eigenvalue weighted by Crippen LogP contribution is -2.45. The van der Waals surface area contributed by atoms with Gasteiger partial charge in [0.05, 0.1) is 11.4 Å². The fourth-order valence-electron chi connectivity index (χ4n) is 4.54. The van der Waals surface area contributed by atoms with Crippen molar-refractivity contribution in [2.24, 2.45) is 0 Å². The number of unbranched alkanes of at least 4 members (excludes halogenated alkanes) is 1. The van der Waals surface area contributed by atoms with Crippen LogP contribution in [0.5, 0.6) is 0 Å². The molecule has 1 unspecified atom stereocenters. The number of para-hydroxylation sites is 1. The first-order valence-corrected chi connectivity index (χ1v) is 14.1. The standard InChI is InChI=1S/C34H40N4O2/c1-6-7-14-25-18-20-27(21-19-25)32(39)35-28(22-26-15-9-8-10-16-26)33(40)36-31-23-30(34(3,4)5)37-38(31)29-17-12-11-13-24(29)2/h8-13,15-21,23,28H,6-7,14,22H2,1-5H3,(H,35,39)(H,36,40). The maximum absolute atomic E-state index is 13.8. The zero-order valence-electron chi connectivity index (χ0n) is 24.2. The molecule has 4 rings (SSSR count). The van der Waals surface area contributed by atoms with Crippen molar-refractivity contribution in [3.05, 3.63) is 113 Å². The van der Waals surface area contributed by atoms with Gasteiger partial charge in [-0.05, 0) is 54.7 Å². The van der Waals surface area contributed by atoms with E-state index in [2.05, 4.69) is 38.3 Å². The Morgan fingerprint density at radius 1 is 0.900 bits per heavy atom. The van der Waals surface area contributed by atoms with E-state index in [1.807, 2.05) is 91.9 Å². The van der Waals surface area contributed by atoms with Crippen LogP contribution in [0, 0.1) is 6.92 Å². The molecular weight excluding hydrogens is 496 g/mol. The number of carbonyl (C=O) groups is 2. The molecule has 0 fully saturated rings. The normalized spacial score (nSPS) is 12.1. The van der Waals surface area contributed by atoms with E-state index in [0.29, 0.717) is 17.8 Å². The number of hydrogen-bond donors (Lipinski definition) is 2. The minimum atomic E-state index is -0.784. The highest BCUT2D eigenvalue weighted by molar-refractivity contribution is 6.01. The van der Waals surface area contributed by atoms with Gasteiger partial charge in [0.15, 0.2) is 0 Å². The molecule has 0 saturated carbocycles. The summed E-state index contributed by atoms with van der Waals surface area (Å²) in [7, 11) is 0. The molecular formula is C34H40N4O2. The van der Waals surface area contributed by atoms with Crippen LogP contribution in [0.3, 0.4) is 0 Å². The van der Waals surface area contributed by atoms with E-state index in [1.54, 1.807) is 4.68 Å². The fraction of sp³-hybridized carbons (Fsp3) is 0.324. The Kier molecular flexibility index (Phi) is 9.20. The Labute approximate surface area is 237 Å². The third-order valence-corrected chi connectivity index (χ3v) is 7.01. The molecule has 6 nitrogen and oxygen atoms in total. The van der Waals surface area contributed by atoms with Crippen LogP contribution in [-0.4, -0.2) is 27.6 Å². The molecule has 0 radical (unpaired) electrons. The van der Waals surface area contributed by atoms with Gasteiger partial charge in [-0.3, -0.25) is 9.59 Å². The zero-order chi connectivity index (χ0) is 28.7. The topological polar surface area (TPSA) is 76.0 Å². The molecule has 4 aromatic rings. The lowest BCUT2D eigenvalue weighted by atomic mass is 9.92. The van der Waals surface area contributed by atoms with E-state index in [0.717, 1.165) is 41.8 Å². The zero-order valence-corrected chi connectivity index (χ0v) is 24.2. The van der Waals surface area contributed by atoms with E-state index in [4.69, 9.17) is 5.10 Å². The van der Waals surface area contributed by atoms with Gasteiger partial charge in [0.25, 0.3) is 5.91 Å². The third-order valence-electron chi connectivity index (χ3n) is 7.01. The van der Waals surface area contributed by atoms with Gasteiger partial charge in [-0.25, -0.2) is 4.68 Å². The maximum atomic E-state index is 13.8. The molecule has 0 aliphatic heterocycles. The van der Waals surface area contributed by atoms with Crippen LogP contribution in [0.15, 0.2) is 84.9 Å². The summed E-state index contributed by atoms with van der Waals surface area (Å²) in [6.45, 7) is 10.5. The summed E-state index contributed by atoms with van der Waals surface area (Å²) < 4.78 is 1.78. The van der Waals surface area contributed by atoms with Gasteiger partial charge in [0.2, 0.25) is 5.91 Å². The number of hydrogen-bond acceptors (Lipinski definition) is 3. The van der Waals surface area contributed by atoms with Crippen LogP contribution in [0.25, 0.3) is 5.69 Å². The molecule has 0 saturated heterocycles. The Morgan fingerprint density at radius 3 is 2.23 bits per heavy atom. The van der Waals surface area contributed by atoms with E-state index in [-0.39, 0.29) is 17.2 Å². The summed E-state index contributed by atoms with van der Waals surface area (Å²) in [5.41, 5.74) is 5.27. The van der Waals surface area contributed by atoms with Gasteiger partial charge in [-0.2, -0.15) is 5.10 Å². The summed E-state index contributed by atoms with van der Waals surface area (Å²) >= 11 is 0. The van der Waals surface area contributed by atoms with E-state index < -0.39 is 6.04 Å². The molecule has 3 aromatic carbocycles. The predicted octanol–water partition coefficient (Wildman–Crippen LogP) is 6.80. The van der Waals surface area contributed by atoms with Crippen molar-refractivity contribution in [2.75, 3.05) is 5.32 Å². The predicted molar refractivity (Wildman–Crippen MR) is 162 cm³/mol. The van der Waals surface area contributed by atoms with Gasteiger partial charge < -0.3 is 10.6 Å². The van der Waals surface area contributed by atoms with Crippen molar-refractivity contribution in [3.8, 4) is 5.69 Å². The number of nitrogens with one attached hydrogen (secondary N) is 2. The molecule has 0 bridgehead atoms. The van der Waals surface area contributed by atoms with Crippen LogP contribution in [-0.2, 0) is 23.1 Å². The van der Waals surface area contributed by atoms with Gasteiger partial charge in [0.1, 0.15) is 11.9 Å². The van der Waals surface area contributed by atoms with Gasteiger partial charge in [0, 0.05) is 23.5 Å². The molecule has 6 heteroatoms. The van der Waals surface area contributed by atoms with Crippen molar-refractivity contribution < 1.29 is 9.59 Å². The Morgan fingerprint density at radius 2 is 1.57 bits per heavy atom. The highest BCUT2D eigenvalue weighted by Crippen LogP contribution is 2.27. The average molecular weight is 537 g/mol. The number of rotatable bonds is 10. The lowest BCUT2D eigenvalue weighted by Gasteiger charge is -2.19. The molecule has 0 aliphatic carbocycles. The van der Waals surface area contributed by atoms with Crippen LogP contribution >= 0.6 is 0 Å². The third kappa shape index (κ3) is 7.26. The van der Waals surface area contributed by atoms with E-state index >= 15 is 0 Å². The van der Waals surface area contributed by atoms with Crippen molar-refractivity contribution >= 4 is 17.6 Å². The summed E-state index contributed by atoms with van der Waals surface area (Å²) in [4.78, 5) is 27.1. The summed E-state index contributed by atoms with van der Waals surface area (Å²) in [6.07, 6.45) is 3.58. The van der Waals surface area contributed by atoms with Crippen LogP contribution < -0.4 is 10.6 Å². The second-order valence-electron chi connectivity index (χ2n) is 11.4. The van der Waals surface area contributed by atoms with Crippen LogP contribution in [0.2, 0.25) is 0 Å².